The van der Waals surface area contributed by atoms with Crippen molar-refractivity contribution in [1.82, 2.24) is 4.98 Å². The lowest BCUT2D eigenvalue weighted by atomic mass is 9.85. The van der Waals surface area contributed by atoms with Gasteiger partial charge in [-0.2, -0.15) is 0 Å². The summed E-state index contributed by atoms with van der Waals surface area (Å²) in [5, 5.41) is 0. The second-order valence-electron chi connectivity index (χ2n) is 13.1. The Kier molecular flexibility index (Phi) is 6.73. The van der Waals surface area contributed by atoms with Crippen LogP contribution >= 0.6 is 0 Å². The van der Waals surface area contributed by atoms with E-state index in [1.54, 1.807) is 0 Å². The van der Waals surface area contributed by atoms with E-state index in [4.69, 9.17) is 4.98 Å². The molecule has 36 heavy (non-hydrogen) atoms. The summed E-state index contributed by atoms with van der Waals surface area (Å²) in [7, 11) is 0. The van der Waals surface area contributed by atoms with Gasteiger partial charge in [0.1, 0.15) is 0 Å². The third-order valence-electron chi connectivity index (χ3n) is 7.00. The number of hydrogen-bond acceptors (Lipinski definition) is 1. The summed E-state index contributed by atoms with van der Waals surface area (Å²) in [5.74, 6) is 0. The van der Waals surface area contributed by atoms with Crippen LogP contribution in [-0.4, -0.2) is 4.98 Å². The van der Waals surface area contributed by atoms with Crippen molar-refractivity contribution in [1.29, 1.82) is 0 Å². The van der Waals surface area contributed by atoms with Crippen molar-refractivity contribution in [2.75, 3.05) is 0 Å². The van der Waals surface area contributed by atoms with Crippen LogP contribution in [0, 0.1) is 0 Å². The zero-order valence-corrected chi connectivity index (χ0v) is 23.5. The van der Waals surface area contributed by atoms with E-state index < -0.39 is 0 Å². The fourth-order valence-electron chi connectivity index (χ4n) is 4.44. The first-order valence-corrected chi connectivity index (χ1v) is 13.1. The predicted molar refractivity (Wildman–Crippen MR) is 157 cm³/mol. The lowest BCUT2D eigenvalue weighted by Gasteiger charge is -2.20. The van der Waals surface area contributed by atoms with Gasteiger partial charge >= 0.3 is 0 Å². The third kappa shape index (κ3) is 5.78. The molecule has 0 saturated carbocycles. The molecule has 4 rings (SSSR count). The van der Waals surface area contributed by atoms with Crippen molar-refractivity contribution >= 4 is 0 Å². The lowest BCUT2D eigenvalue weighted by molar-refractivity contribution is 0.590. The monoisotopic (exact) mass is 475 g/mol. The van der Waals surface area contributed by atoms with Crippen molar-refractivity contribution < 1.29 is 0 Å². The van der Waals surface area contributed by atoms with Crippen LogP contribution in [0.15, 0.2) is 84.9 Å². The molecule has 0 aliphatic rings. The molecule has 1 heterocycles. The Morgan fingerprint density at radius 1 is 0.361 bits per heavy atom. The maximum absolute atomic E-state index is 5.14. The number of hydrogen-bond donors (Lipinski definition) is 0. The van der Waals surface area contributed by atoms with Crippen molar-refractivity contribution in [3.05, 3.63) is 102 Å². The number of pyridine rings is 1. The van der Waals surface area contributed by atoms with Gasteiger partial charge in [0.15, 0.2) is 0 Å². The molecule has 0 N–H and O–H groups in total. The minimum atomic E-state index is 0.128. The highest BCUT2D eigenvalue weighted by Gasteiger charge is 2.17. The van der Waals surface area contributed by atoms with E-state index in [-0.39, 0.29) is 16.2 Å². The Labute approximate surface area is 218 Å². The van der Waals surface area contributed by atoms with Gasteiger partial charge in [0.25, 0.3) is 0 Å². The number of rotatable bonds is 3. The van der Waals surface area contributed by atoms with Crippen LogP contribution in [0.5, 0.6) is 0 Å². The molecule has 0 aliphatic carbocycles. The summed E-state index contributed by atoms with van der Waals surface area (Å²) in [4.78, 5) is 5.14. The average Bonchev–Trinajstić information content (AvgIpc) is 2.82. The fraction of sp³-hybridized carbons (Fsp3) is 0.343. The molecule has 3 aromatic carbocycles. The highest BCUT2D eigenvalue weighted by molar-refractivity contribution is 5.77. The van der Waals surface area contributed by atoms with Crippen LogP contribution in [-0.2, 0) is 16.2 Å². The molecule has 1 nitrogen and oxygen atoms in total. The minimum absolute atomic E-state index is 0.128. The van der Waals surface area contributed by atoms with E-state index in [0.29, 0.717) is 0 Å². The molecule has 0 amide bonds. The Bertz CT molecular complexity index is 1140. The minimum Gasteiger partial charge on any atom is -0.248 e. The first kappa shape index (κ1) is 25.9. The van der Waals surface area contributed by atoms with Gasteiger partial charge in [0.2, 0.25) is 0 Å². The molecule has 0 aliphatic heterocycles. The second-order valence-corrected chi connectivity index (χ2v) is 13.1. The molecular weight excluding hydrogens is 434 g/mol. The molecular formula is C35H41N. The highest BCUT2D eigenvalue weighted by atomic mass is 14.7. The molecule has 0 radical (unpaired) electrons. The molecule has 1 aromatic heterocycles. The van der Waals surface area contributed by atoms with Crippen LogP contribution in [0.3, 0.4) is 0 Å². The molecule has 0 atom stereocenters. The normalized spacial score (nSPS) is 12.6. The molecule has 0 saturated heterocycles. The van der Waals surface area contributed by atoms with Gasteiger partial charge in [-0.05, 0) is 56.2 Å². The Balaban J connectivity index is 1.82. The fourth-order valence-corrected chi connectivity index (χ4v) is 4.44. The zero-order valence-electron chi connectivity index (χ0n) is 23.5. The standard InChI is InChI=1S/C35H41N/c1-33(2,3)28-16-10-24(11-17-28)27-22-31(25-12-18-29(19-13-25)34(4,5)6)36-32(23-27)26-14-20-30(21-15-26)35(7,8)9/h10-23H,1-9H3. The maximum Gasteiger partial charge on any atom is 0.0715 e. The van der Waals surface area contributed by atoms with Gasteiger partial charge in [0, 0.05) is 11.1 Å². The number of aromatic nitrogens is 1. The molecule has 0 spiro atoms. The predicted octanol–water partition coefficient (Wildman–Crippen LogP) is 9.98. The first-order chi connectivity index (χ1) is 16.7. The van der Waals surface area contributed by atoms with Crippen LogP contribution in [0.25, 0.3) is 33.6 Å². The van der Waals surface area contributed by atoms with E-state index in [0.717, 1.165) is 22.5 Å². The van der Waals surface area contributed by atoms with Crippen molar-refractivity contribution in [3.8, 4) is 33.6 Å². The Morgan fingerprint density at radius 3 is 0.917 bits per heavy atom. The summed E-state index contributed by atoms with van der Waals surface area (Å²) >= 11 is 0. The van der Waals surface area contributed by atoms with E-state index >= 15 is 0 Å². The van der Waals surface area contributed by atoms with Crippen molar-refractivity contribution in [2.45, 2.75) is 78.6 Å². The SMILES string of the molecule is CC(C)(C)c1ccc(-c2cc(-c3ccc(C(C)(C)C)cc3)nc(-c3ccc(C(C)(C)C)cc3)c2)cc1. The van der Waals surface area contributed by atoms with Crippen LogP contribution in [0.2, 0.25) is 0 Å². The molecule has 0 fully saturated rings. The van der Waals surface area contributed by atoms with Gasteiger partial charge in [-0.1, -0.05) is 135 Å². The number of nitrogens with zero attached hydrogens (tertiary/aromatic N) is 1. The molecule has 0 bridgehead atoms. The van der Waals surface area contributed by atoms with Crippen LogP contribution < -0.4 is 0 Å². The van der Waals surface area contributed by atoms with Gasteiger partial charge in [0.05, 0.1) is 11.4 Å². The largest absolute Gasteiger partial charge is 0.248 e. The van der Waals surface area contributed by atoms with E-state index in [1.165, 1.54) is 27.8 Å². The molecule has 1 heteroatoms. The van der Waals surface area contributed by atoms with E-state index in [2.05, 4.69) is 147 Å². The lowest BCUT2D eigenvalue weighted by Crippen LogP contribution is -2.10. The summed E-state index contributed by atoms with van der Waals surface area (Å²) in [5.41, 5.74) is 11.1. The smallest absolute Gasteiger partial charge is 0.0715 e. The van der Waals surface area contributed by atoms with Crippen molar-refractivity contribution in [3.63, 3.8) is 0 Å². The maximum atomic E-state index is 5.14. The molecule has 4 aromatic rings. The van der Waals surface area contributed by atoms with Crippen LogP contribution in [0.1, 0.15) is 79.0 Å². The third-order valence-corrected chi connectivity index (χ3v) is 7.00. The quantitative estimate of drug-likeness (QED) is 0.287. The topological polar surface area (TPSA) is 12.9 Å². The highest BCUT2D eigenvalue weighted by Crippen LogP contribution is 2.33. The summed E-state index contributed by atoms with van der Waals surface area (Å²) < 4.78 is 0. The average molecular weight is 476 g/mol. The second kappa shape index (κ2) is 9.36. The first-order valence-electron chi connectivity index (χ1n) is 13.1. The summed E-state index contributed by atoms with van der Waals surface area (Å²) in [6, 6.07) is 31.2. The summed E-state index contributed by atoms with van der Waals surface area (Å²) in [6.07, 6.45) is 0. The van der Waals surface area contributed by atoms with Gasteiger partial charge in [-0.15, -0.1) is 0 Å². The Morgan fingerprint density at radius 2 is 0.639 bits per heavy atom. The molecule has 0 unspecified atom stereocenters. The van der Waals surface area contributed by atoms with E-state index in [1.807, 2.05) is 0 Å². The van der Waals surface area contributed by atoms with Gasteiger partial charge in [-0.25, -0.2) is 4.98 Å². The molecule has 186 valence electrons. The van der Waals surface area contributed by atoms with Crippen molar-refractivity contribution in [2.24, 2.45) is 0 Å². The summed E-state index contributed by atoms with van der Waals surface area (Å²) in [6.45, 7) is 20.3. The van der Waals surface area contributed by atoms with Gasteiger partial charge in [-0.3, -0.25) is 0 Å². The van der Waals surface area contributed by atoms with Gasteiger partial charge < -0.3 is 0 Å². The van der Waals surface area contributed by atoms with E-state index in [9.17, 15) is 0 Å². The Hall–Kier alpha value is -3.19. The van der Waals surface area contributed by atoms with Crippen LogP contribution in [0.4, 0.5) is 0 Å². The zero-order chi connectivity index (χ0) is 26.3. The number of benzene rings is 3.